The number of nitrogen functional groups attached to an aromatic ring is 1. The van der Waals surface area contributed by atoms with Crippen molar-refractivity contribution in [1.82, 2.24) is 41.2 Å². The van der Waals surface area contributed by atoms with E-state index in [-0.39, 0.29) is 42.1 Å². The summed E-state index contributed by atoms with van der Waals surface area (Å²) >= 11 is 0. The number of aromatic amines is 1. The highest BCUT2D eigenvalue weighted by Crippen LogP contribution is 2.12. The molecular weight excluding hydrogens is 690 g/mol. The molecule has 52 heavy (non-hydrogen) atoms. The number of H-pyrrole nitrogens is 1. The molecule has 0 radical (unpaired) electrons. The third-order valence-electron chi connectivity index (χ3n) is 7.26. The van der Waals surface area contributed by atoms with Crippen molar-refractivity contribution in [2.75, 3.05) is 17.6 Å². The molecule has 0 saturated carbocycles. The number of nitrogens with two attached hydrogens (primary N) is 2. The van der Waals surface area contributed by atoms with Gasteiger partial charge < -0.3 is 53.4 Å². The molecule has 22 heteroatoms. The van der Waals surface area contributed by atoms with Crippen LogP contribution in [0.4, 0.5) is 11.6 Å². The summed E-state index contributed by atoms with van der Waals surface area (Å²) in [6.45, 7) is 1.15. The van der Waals surface area contributed by atoms with E-state index >= 15 is 0 Å². The quantitative estimate of drug-likeness (QED) is 0.0596. The molecule has 0 bridgehead atoms. The Hall–Kier alpha value is -6.71. The Morgan fingerprint density at radius 1 is 0.885 bits per heavy atom. The third-order valence-corrected chi connectivity index (χ3v) is 7.26. The van der Waals surface area contributed by atoms with E-state index in [0.717, 1.165) is 0 Å². The minimum Gasteiger partial charge on any atom is -0.481 e. The first kappa shape index (κ1) is 39.7. The molecule has 3 rings (SSSR count). The van der Waals surface area contributed by atoms with E-state index in [4.69, 9.17) is 21.7 Å². The van der Waals surface area contributed by atoms with Crippen LogP contribution in [0.1, 0.15) is 48.7 Å². The summed E-state index contributed by atoms with van der Waals surface area (Å²) in [5, 5.41) is 39.8. The highest BCUT2D eigenvalue weighted by Gasteiger charge is 2.29. The van der Waals surface area contributed by atoms with Crippen LogP contribution in [0.3, 0.4) is 0 Å². The van der Waals surface area contributed by atoms with E-state index in [0.29, 0.717) is 11.4 Å². The summed E-state index contributed by atoms with van der Waals surface area (Å²) < 4.78 is 0. The van der Waals surface area contributed by atoms with Gasteiger partial charge in [0.25, 0.3) is 11.5 Å². The van der Waals surface area contributed by atoms with Crippen molar-refractivity contribution in [2.24, 2.45) is 5.73 Å². The van der Waals surface area contributed by atoms with E-state index in [9.17, 15) is 43.5 Å². The van der Waals surface area contributed by atoms with E-state index in [1.807, 2.05) is 0 Å². The fourth-order valence-corrected chi connectivity index (χ4v) is 4.44. The number of carbonyl (C=O) groups excluding carboxylic acids is 4. The molecule has 0 aliphatic heterocycles. The zero-order valence-electron chi connectivity index (χ0n) is 27.5. The van der Waals surface area contributed by atoms with E-state index in [2.05, 4.69) is 46.5 Å². The van der Waals surface area contributed by atoms with Crippen molar-refractivity contribution in [3.05, 3.63) is 52.1 Å². The van der Waals surface area contributed by atoms with Crippen molar-refractivity contribution in [1.29, 1.82) is 0 Å². The van der Waals surface area contributed by atoms with E-state index in [1.54, 1.807) is 12.1 Å². The van der Waals surface area contributed by atoms with Gasteiger partial charge in [0.05, 0.1) is 24.9 Å². The van der Waals surface area contributed by atoms with Gasteiger partial charge in [0, 0.05) is 24.2 Å². The molecule has 0 fully saturated rings. The summed E-state index contributed by atoms with van der Waals surface area (Å²) in [6.07, 6.45) is -0.216. The van der Waals surface area contributed by atoms with E-state index < -0.39 is 90.6 Å². The summed E-state index contributed by atoms with van der Waals surface area (Å²) in [5.74, 6) is -7.89. The van der Waals surface area contributed by atoms with Crippen LogP contribution in [0.5, 0.6) is 0 Å². The number of hydrogen-bond acceptors (Lipinski definition) is 14. The molecule has 0 spiro atoms. The summed E-state index contributed by atoms with van der Waals surface area (Å²) in [4.78, 5) is 111. The molecule has 13 N–H and O–H groups in total. The Morgan fingerprint density at radius 2 is 1.54 bits per heavy atom. The Bertz CT molecular complexity index is 1880. The van der Waals surface area contributed by atoms with Gasteiger partial charge in [0.2, 0.25) is 23.7 Å². The predicted octanol–water partition coefficient (Wildman–Crippen LogP) is -2.75. The average molecular weight is 728 g/mol. The van der Waals surface area contributed by atoms with Gasteiger partial charge in [-0.3, -0.25) is 33.8 Å². The van der Waals surface area contributed by atoms with Crippen molar-refractivity contribution in [3.8, 4) is 0 Å². The molecule has 4 amide bonds. The first-order valence-corrected chi connectivity index (χ1v) is 15.5. The SMILES string of the molecule is CC[C@H](NC(=O)[C@H](CC(=O)O)NC(=O)[C@@H](N)CNC(=O)CC[C@@H](NC(=O)c1ccc(NCc2cnc3nc(N)[nH]c(=O)c3n2)cc1)C(=O)O)C(=O)O. The smallest absolute Gasteiger partial charge is 0.326 e. The van der Waals surface area contributed by atoms with Gasteiger partial charge in [-0.2, -0.15) is 4.98 Å². The number of benzene rings is 1. The Morgan fingerprint density at radius 3 is 2.15 bits per heavy atom. The average Bonchev–Trinajstić information content (AvgIpc) is 3.09. The van der Waals surface area contributed by atoms with Gasteiger partial charge in [-0.05, 0) is 37.1 Å². The first-order valence-electron chi connectivity index (χ1n) is 15.5. The zero-order valence-corrected chi connectivity index (χ0v) is 27.5. The molecule has 2 aromatic heterocycles. The number of aliphatic carboxylic acids is 3. The van der Waals surface area contributed by atoms with Crippen molar-refractivity contribution in [3.63, 3.8) is 0 Å². The molecule has 4 atom stereocenters. The lowest BCUT2D eigenvalue weighted by molar-refractivity contribution is -0.143. The molecule has 0 unspecified atom stereocenters. The maximum atomic E-state index is 12.8. The van der Waals surface area contributed by atoms with Crippen LogP contribution in [0.15, 0.2) is 35.3 Å². The van der Waals surface area contributed by atoms with Gasteiger partial charge >= 0.3 is 17.9 Å². The predicted molar refractivity (Wildman–Crippen MR) is 179 cm³/mol. The number of amides is 4. The number of hydrogen-bond donors (Lipinski definition) is 11. The van der Waals surface area contributed by atoms with Gasteiger partial charge in [-0.15, -0.1) is 0 Å². The number of anilines is 2. The van der Waals surface area contributed by atoms with Crippen molar-refractivity contribution < 1.29 is 48.9 Å². The number of aromatic nitrogens is 4. The molecule has 22 nitrogen and oxygen atoms in total. The Kier molecular flexibility index (Phi) is 14.0. The van der Waals surface area contributed by atoms with Gasteiger partial charge in [0.15, 0.2) is 11.2 Å². The molecule has 2 heterocycles. The number of carbonyl (C=O) groups is 7. The number of rotatable bonds is 19. The number of fused-ring (bicyclic) bond motifs is 1. The second-order valence-electron chi connectivity index (χ2n) is 11.2. The van der Waals surface area contributed by atoms with Crippen LogP contribution in [-0.2, 0) is 35.3 Å². The highest BCUT2D eigenvalue weighted by atomic mass is 16.4. The maximum absolute atomic E-state index is 12.8. The Balaban J connectivity index is 1.47. The lowest BCUT2D eigenvalue weighted by Gasteiger charge is -2.21. The summed E-state index contributed by atoms with van der Waals surface area (Å²) in [7, 11) is 0. The molecule has 1 aromatic carbocycles. The molecule has 0 aliphatic rings. The number of carboxylic acid groups (broad SMARTS) is 3. The van der Waals surface area contributed by atoms with Gasteiger partial charge in [-0.25, -0.2) is 19.6 Å². The Labute approximate surface area is 293 Å². The van der Waals surface area contributed by atoms with Crippen LogP contribution in [-0.4, -0.2) is 108 Å². The van der Waals surface area contributed by atoms with Crippen LogP contribution in [0.2, 0.25) is 0 Å². The van der Waals surface area contributed by atoms with Crippen molar-refractivity contribution >= 4 is 64.3 Å². The largest absolute Gasteiger partial charge is 0.481 e. The van der Waals surface area contributed by atoms with Crippen LogP contribution >= 0.6 is 0 Å². The fourth-order valence-electron chi connectivity index (χ4n) is 4.44. The minimum absolute atomic E-state index is 0.00896. The summed E-state index contributed by atoms with van der Waals surface area (Å²) in [5.41, 5.74) is 11.9. The number of carboxylic acids is 3. The lowest BCUT2D eigenvalue weighted by atomic mass is 10.1. The fraction of sp³-hybridized carbons (Fsp3) is 0.367. The standard InChI is InChI=1S/C30H37N11O11/c1-2-17(28(49)50)37-26(47)19(9-21(43)44)39-25(46)16(31)12-34-20(42)8-7-18(29(51)52)38-24(45)13-3-5-14(6-4-13)33-10-15-11-35-23-22(36-15)27(48)41-30(32)40-23/h3-6,11,16-19,33H,2,7-10,12,31H2,1H3,(H,34,42)(H,37,47)(H,38,45)(H,39,46)(H,43,44)(H,49,50)(H,51,52)(H3,32,35,40,41,48)/t16-,17-,18+,19-/m0/s1. The molecule has 0 aliphatic carbocycles. The van der Waals surface area contributed by atoms with Gasteiger partial charge in [-0.1, -0.05) is 6.92 Å². The third kappa shape index (κ3) is 11.7. The van der Waals surface area contributed by atoms with Crippen LogP contribution in [0.25, 0.3) is 11.2 Å². The highest BCUT2D eigenvalue weighted by molar-refractivity contribution is 5.97. The van der Waals surface area contributed by atoms with Gasteiger partial charge in [0.1, 0.15) is 24.2 Å². The zero-order chi connectivity index (χ0) is 38.5. The molecule has 3 aromatic rings. The number of nitrogens with one attached hydrogen (secondary N) is 6. The van der Waals surface area contributed by atoms with Crippen molar-refractivity contribution in [2.45, 2.75) is 63.3 Å². The number of nitrogens with zero attached hydrogens (tertiary/aromatic N) is 3. The van der Waals surface area contributed by atoms with E-state index in [1.165, 1.54) is 25.3 Å². The monoisotopic (exact) mass is 727 g/mol. The van der Waals surface area contributed by atoms with Crippen LogP contribution < -0.4 is 43.6 Å². The maximum Gasteiger partial charge on any atom is 0.326 e. The second-order valence-corrected chi connectivity index (χ2v) is 11.2. The normalized spacial score (nSPS) is 13.1. The minimum atomic E-state index is -1.66. The molecule has 278 valence electrons. The summed E-state index contributed by atoms with van der Waals surface area (Å²) in [6, 6.07) is 0.0328. The molecular formula is C30H37N11O11. The lowest BCUT2D eigenvalue weighted by Crippen LogP contribution is -2.56. The first-order chi connectivity index (χ1) is 24.6. The molecule has 0 saturated heterocycles. The topological polar surface area (TPSA) is 364 Å². The second kappa shape index (κ2) is 18.3. The van der Waals surface area contributed by atoms with Crippen LogP contribution in [0, 0.1) is 0 Å².